The summed E-state index contributed by atoms with van der Waals surface area (Å²) in [6.45, 7) is 6.24. The van der Waals surface area contributed by atoms with E-state index >= 15 is 0 Å². The zero-order valence-corrected chi connectivity index (χ0v) is 10.7. The fourth-order valence-electron chi connectivity index (χ4n) is 2.24. The number of nitrogens with one attached hydrogen (secondary N) is 1. The van der Waals surface area contributed by atoms with Gasteiger partial charge in [0.2, 0.25) is 0 Å². The Balaban J connectivity index is 2.02. The summed E-state index contributed by atoms with van der Waals surface area (Å²) in [5, 5.41) is 3.04. The van der Waals surface area contributed by atoms with E-state index in [-0.39, 0.29) is 5.91 Å². The van der Waals surface area contributed by atoms with E-state index in [0.29, 0.717) is 5.92 Å². The van der Waals surface area contributed by atoms with Crippen molar-refractivity contribution < 1.29 is 4.79 Å². The molecule has 1 aromatic carbocycles. The maximum Gasteiger partial charge on any atom is 0.255 e. The first-order valence-electron chi connectivity index (χ1n) is 6.22. The van der Waals surface area contributed by atoms with Gasteiger partial charge in [0.25, 0.3) is 5.91 Å². The van der Waals surface area contributed by atoms with E-state index in [1.54, 1.807) is 0 Å². The molecule has 1 amide bonds. The SMILES string of the molecule is CCCC1C(C)=C1NC(=O)c1ccccc1C. The number of allylic oxidation sites excluding steroid dienone is 2. The summed E-state index contributed by atoms with van der Waals surface area (Å²) >= 11 is 0. The Bertz CT molecular complexity index is 474. The van der Waals surface area contributed by atoms with E-state index < -0.39 is 0 Å². The molecule has 1 unspecified atom stereocenters. The predicted octanol–water partition coefficient (Wildman–Crippen LogP) is 3.43. The Morgan fingerprint density at radius 1 is 1.29 bits per heavy atom. The molecule has 0 spiro atoms. The third-order valence-corrected chi connectivity index (χ3v) is 3.43. The molecular formula is C15H19NO. The van der Waals surface area contributed by atoms with E-state index in [2.05, 4.69) is 19.2 Å². The van der Waals surface area contributed by atoms with Crippen LogP contribution < -0.4 is 5.32 Å². The molecular weight excluding hydrogens is 210 g/mol. The number of carbonyl (C=O) groups excluding carboxylic acids is 1. The quantitative estimate of drug-likeness (QED) is 0.842. The van der Waals surface area contributed by atoms with Crippen LogP contribution in [0.5, 0.6) is 0 Å². The van der Waals surface area contributed by atoms with Crippen LogP contribution in [-0.2, 0) is 0 Å². The number of aryl methyl sites for hydroxylation is 1. The molecule has 0 radical (unpaired) electrons. The molecule has 2 rings (SSSR count). The van der Waals surface area contributed by atoms with E-state index in [4.69, 9.17) is 0 Å². The lowest BCUT2D eigenvalue weighted by Crippen LogP contribution is -2.21. The number of hydrogen-bond donors (Lipinski definition) is 1. The molecule has 0 aliphatic heterocycles. The molecule has 0 heterocycles. The summed E-state index contributed by atoms with van der Waals surface area (Å²) in [6, 6.07) is 7.69. The minimum atomic E-state index is 0.0241. The lowest BCUT2D eigenvalue weighted by atomic mass is 10.1. The smallest absolute Gasteiger partial charge is 0.255 e. The first-order valence-corrected chi connectivity index (χ1v) is 6.22. The van der Waals surface area contributed by atoms with Gasteiger partial charge in [0.1, 0.15) is 0 Å². The molecule has 0 saturated heterocycles. The lowest BCUT2D eigenvalue weighted by molar-refractivity contribution is 0.0965. The molecule has 1 N–H and O–H groups in total. The fraction of sp³-hybridized carbons (Fsp3) is 0.400. The maximum atomic E-state index is 12.1. The molecule has 17 heavy (non-hydrogen) atoms. The molecule has 2 heteroatoms. The van der Waals surface area contributed by atoms with Gasteiger partial charge < -0.3 is 5.32 Å². The van der Waals surface area contributed by atoms with Crippen molar-refractivity contribution in [1.29, 1.82) is 0 Å². The number of rotatable bonds is 4. The highest BCUT2D eigenvalue weighted by Gasteiger charge is 2.33. The van der Waals surface area contributed by atoms with Crippen molar-refractivity contribution >= 4 is 5.91 Å². The second kappa shape index (κ2) is 4.74. The third-order valence-electron chi connectivity index (χ3n) is 3.43. The molecule has 2 nitrogen and oxygen atoms in total. The Kier molecular flexibility index (Phi) is 3.32. The first-order chi connectivity index (χ1) is 8.15. The third kappa shape index (κ3) is 2.41. The van der Waals surface area contributed by atoms with Gasteiger partial charge in [-0.2, -0.15) is 0 Å². The minimum Gasteiger partial charge on any atom is -0.325 e. The highest BCUT2D eigenvalue weighted by atomic mass is 16.1. The van der Waals surface area contributed by atoms with Gasteiger partial charge in [-0.05, 0) is 37.5 Å². The van der Waals surface area contributed by atoms with Gasteiger partial charge in [-0.1, -0.05) is 31.5 Å². The second-order valence-corrected chi connectivity index (χ2v) is 4.71. The summed E-state index contributed by atoms with van der Waals surface area (Å²) in [4.78, 5) is 12.1. The van der Waals surface area contributed by atoms with E-state index in [1.807, 2.05) is 31.2 Å². The van der Waals surface area contributed by atoms with Crippen molar-refractivity contribution in [2.45, 2.75) is 33.6 Å². The Morgan fingerprint density at radius 2 is 2.00 bits per heavy atom. The van der Waals surface area contributed by atoms with E-state index in [9.17, 15) is 4.79 Å². The summed E-state index contributed by atoms with van der Waals surface area (Å²) in [7, 11) is 0. The van der Waals surface area contributed by atoms with Crippen molar-refractivity contribution in [2.75, 3.05) is 0 Å². The zero-order valence-electron chi connectivity index (χ0n) is 10.7. The normalized spacial score (nSPS) is 18.2. The van der Waals surface area contributed by atoms with Gasteiger partial charge in [-0.15, -0.1) is 0 Å². The molecule has 0 bridgehead atoms. The van der Waals surface area contributed by atoms with Gasteiger partial charge >= 0.3 is 0 Å². The first kappa shape index (κ1) is 11.9. The van der Waals surface area contributed by atoms with Crippen molar-refractivity contribution in [3.63, 3.8) is 0 Å². The molecule has 0 fully saturated rings. The molecule has 90 valence electrons. The van der Waals surface area contributed by atoms with Crippen molar-refractivity contribution in [3.8, 4) is 0 Å². The van der Waals surface area contributed by atoms with Crippen LogP contribution in [-0.4, -0.2) is 5.91 Å². The zero-order chi connectivity index (χ0) is 12.4. The van der Waals surface area contributed by atoms with Gasteiger partial charge in [-0.3, -0.25) is 4.79 Å². The average Bonchev–Trinajstić information content (AvgIpc) is 2.90. The number of carbonyl (C=O) groups is 1. The van der Waals surface area contributed by atoms with Crippen LogP contribution in [0.15, 0.2) is 35.5 Å². The summed E-state index contributed by atoms with van der Waals surface area (Å²) in [5.74, 6) is 0.545. The van der Waals surface area contributed by atoms with Crippen LogP contribution in [0.1, 0.15) is 42.6 Å². The highest BCUT2D eigenvalue weighted by molar-refractivity contribution is 5.97. The van der Waals surface area contributed by atoms with Gasteiger partial charge in [0.05, 0.1) is 0 Å². The Hall–Kier alpha value is -1.57. The van der Waals surface area contributed by atoms with Gasteiger partial charge in [-0.25, -0.2) is 0 Å². The predicted molar refractivity (Wildman–Crippen MR) is 69.7 cm³/mol. The molecule has 0 saturated carbocycles. The monoisotopic (exact) mass is 229 g/mol. The average molecular weight is 229 g/mol. The van der Waals surface area contributed by atoms with Gasteiger partial charge in [0, 0.05) is 17.2 Å². The molecule has 1 aliphatic carbocycles. The largest absolute Gasteiger partial charge is 0.325 e. The molecule has 1 aromatic rings. The van der Waals surface area contributed by atoms with Crippen LogP contribution in [0.4, 0.5) is 0 Å². The van der Waals surface area contributed by atoms with Crippen LogP contribution in [0, 0.1) is 12.8 Å². The van der Waals surface area contributed by atoms with Crippen LogP contribution in [0.2, 0.25) is 0 Å². The van der Waals surface area contributed by atoms with Gasteiger partial charge in [0.15, 0.2) is 0 Å². The van der Waals surface area contributed by atoms with Crippen LogP contribution in [0.25, 0.3) is 0 Å². The molecule has 0 aromatic heterocycles. The van der Waals surface area contributed by atoms with Crippen LogP contribution >= 0.6 is 0 Å². The number of amides is 1. The second-order valence-electron chi connectivity index (χ2n) is 4.71. The fourth-order valence-corrected chi connectivity index (χ4v) is 2.24. The maximum absolute atomic E-state index is 12.1. The van der Waals surface area contributed by atoms with Crippen molar-refractivity contribution in [3.05, 3.63) is 46.7 Å². The number of benzene rings is 1. The highest BCUT2D eigenvalue weighted by Crippen LogP contribution is 2.40. The minimum absolute atomic E-state index is 0.0241. The van der Waals surface area contributed by atoms with Crippen LogP contribution in [0.3, 0.4) is 0 Å². The standard InChI is InChI=1S/C15H19NO/c1-4-7-13-11(3)14(13)16-15(17)12-9-6-5-8-10(12)2/h5-6,8-9,13H,4,7H2,1-3H3,(H,16,17). The Labute approximate surface area is 103 Å². The summed E-state index contributed by atoms with van der Waals surface area (Å²) in [5.41, 5.74) is 4.28. The molecule has 1 atom stereocenters. The summed E-state index contributed by atoms with van der Waals surface area (Å²) in [6.07, 6.45) is 2.31. The van der Waals surface area contributed by atoms with E-state index in [0.717, 1.165) is 29.7 Å². The van der Waals surface area contributed by atoms with E-state index in [1.165, 1.54) is 5.57 Å². The Morgan fingerprint density at radius 3 is 2.65 bits per heavy atom. The lowest BCUT2D eigenvalue weighted by Gasteiger charge is -2.05. The number of hydrogen-bond acceptors (Lipinski definition) is 1. The van der Waals surface area contributed by atoms with Crippen molar-refractivity contribution in [1.82, 2.24) is 5.32 Å². The topological polar surface area (TPSA) is 29.1 Å². The molecule has 1 aliphatic rings. The summed E-state index contributed by atoms with van der Waals surface area (Å²) < 4.78 is 0. The van der Waals surface area contributed by atoms with Crippen molar-refractivity contribution in [2.24, 2.45) is 5.92 Å².